The van der Waals surface area contributed by atoms with Crippen molar-refractivity contribution in [1.82, 2.24) is 19.5 Å². The highest BCUT2D eigenvalue weighted by atomic mass is 32.2. The number of ether oxygens (including phenoxy) is 1. The lowest BCUT2D eigenvalue weighted by molar-refractivity contribution is 0.00610. The van der Waals surface area contributed by atoms with E-state index >= 15 is 0 Å². The molecule has 4 rings (SSSR count). The number of hydrogen-bond acceptors (Lipinski definition) is 6. The Hall–Kier alpha value is -2.53. The highest BCUT2D eigenvalue weighted by Gasteiger charge is 2.32. The fourth-order valence-electron chi connectivity index (χ4n) is 4.33. The molecule has 2 amide bonds. The zero-order valence-electron chi connectivity index (χ0n) is 18.8. The molecule has 3 heterocycles. The van der Waals surface area contributed by atoms with Crippen LogP contribution in [0.2, 0.25) is 0 Å². The number of carbonyl (C=O) groups excluding carboxylic acids is 1. The fourth-order valence-corrected chi connectivity index (χ4v) is 5.80. The number of pyridine rings is 1. The van der Waals surface area contributed by atoms with Gasteiger partial charge in [0, 0.05) is 50.3 Å². The van der Waals surface area contributed by atoms with Crippen LogP contribution in [0.5, 0.6) is 0 Å². The van der Waals surface area contributed by atoms with Crippen LogP contribution < -0.4 is 10.6 Å². The van der Waals surface area contributed by atoms with Crippen molar-refractivity contribution in [3.05, 3.63) is 54.4 Å². The Morgan fingerprint density at radius 3 is 2.42 bits per heavy atom. The maximum Gasteiger partial charge on any atom is 0.319 e. The van der Waals surface area contributed by atoms with Crippen LogP contribution >= 0.6 is 0 Å². The summed E-state index contributed by atoms with van der Waals surface area (Å²) in [5, 5.41) is 5.59. The van der Waals surface area contributed by atoms with E-state index in [1.165, 1.54) is 0 Å². The topological polar surface area (TPSA) is 104 Å². The Labute approximate surface area is 195 Å². The first-order valence-corrected chi connectivity index (χ1v) is 12.8. The van der Waals surface area contributed by atoms with E-state index in [9.17, 15) is 13.2 Å². The number of sulfonamides is 1. The number of aromatic nitrogens is 1. The third-order valence-electron chi connectivity index (χ3n) is 6.27. The molecular formula is C23H31N5O4S. The van der Waals surface area contributed by atoms with Crippen LogP contribution in [-0.2, 0) is 14.8 Å². The smallest absolute Gasteiger partial charge is 0.319 e. The summed E-state index contributed by atoms with van der Waals surface area (Å²) in [5.74, 6) is 0. The van der Waals surface area contributed by atoms with Gasteiger partial charge in [0.25, 0.3) is 0 Å². The lowest BCUT2D eigenvalue weighted by Gasteiger charge is -2.39. The van der Waals surface area contributed by atoms with Gasteiger partial charge in [-0.3, -0.25) is 9.88 Å². The summed E-state index contributed by atoms with van der Waals surface area (Å²) < 4.78 is 33.2. The van der Waals surface area contributed by atoms with Crippen molar-refractivity contribution in [2.75, 3.05) is 44.7 Å². The molecule has 1 aromatic carbocycles. The third-order valence-corrected chi connectivity index (χ3v) is 8.18. The molecule has 1 aromatic heterocycles. The van der Waals surface area contributed by atoms with Crippen LogP contribution in [-0.4, -0.2) is 74.1 Å². The minimum Gasteiger partial charge on any atom is -0.379 e. The van der Waals surface area contributed by atoms with Gasteiger partial charge >= 0.3 is 6.03 Å². The first-order valence-electron chi connectivity index (χ1n) is 11.3. The van der Waals surface area contributed by atoms with Crippen molar-refractivity contribution < 1.29 is 17.9 Å². The number of nitrogens with zero attached hydrogens (tertiary/aromatic N) is 3. The lowest BCUT2D eigenvalue weighted by atomic mass is 10.0. The molecule has 0 bridgehead atoms. The average molecular weight is 474 g/mol. The molecule has 9 nitrogen and oxygen atoms in total. The first kappa shape index (κ1) is 23.6. The van der Waals surface area contributed by atoms with Gasteiger partial charge in [-0.05, 0) is 55.7 Å². The van der Waals surface area contributed by atoms with Gasteiger partial charge in [-0.25, -0.2) is 13.2 Å². The van der Waals surface area contributed by atoms with Crippen molar-refractivity contribution >= 4 is 21.7 Å². The Morgan fingerprint density at radius 2 is 1.79 bits per heavy atom. The van der Waals surface area contributed by atoms with Crippen molar-refractivity contribution in [1.29, 1.82) is 0 Å². The van der Waals surface area contributed by atoms with Crippen LogP contribution in [0.3, 0.4) is 0 Å². The van der Waals surface area contributed by atoms with Gasteiger partial charge in [-0.15, -0.1) is 0 Å². The molecule has 2 aliphatic rings. The van der Waals surface area contributed by atoms with Crippen molar-refractivity contribution in [2.45, 2.75) is 36.7 Å². The second kappa shape index (κ2) is 10.6. The van der Waals surface area contributed by atoms with Crippen LogP contribution in [0.4, 0.5) is 10.5 Å². The molecule has 10 heteroatoms. The van der Waals surface area contributed by atoms with Crippen LogP contribution in [0, 0.1) is 0 Å². The van der Waals surface area contributed by atoms with Crippen LogP contribution in [0.25, 0.3) is 0 Å². The molecule has 1 atom stereocenters. The predicted octanol–water partition coefficient (Wildman–Crippen LogP) is 2.45. The number of hydrogen-bond donors (Lipinski definition) is 2. The molecule has 0 spiro atoms. The summed E-state index contributed by atoms with van der Waals surface area (Å²) in [5.41, 5.74) is 1.42. The number of nitrogens with one attached hydrogen (secondary N) is 2. The van der Waals surface area contributed by atoms with E-state index in [2.05, 4.69) is 20.5 Å². The van der Waals surface area contributed by atoms with Crippen LogP contribution in [0.1, 0.15) is 31.4 Å². The third kappa shape index (κ3) is 5.89. The van der Waals surface area contributed by atoms with Gasteiger partial charge in [0.05, 0.1) is 24.2 Å². The number of carbonyl (C=O) groups is 1. The zero-order valence-corrected chi connectivity index (χ0v) is 19.6. The Balaban J connectivity index is 1.31. The molecule has 2 aromatic rings. The Morgan fingerprint density at radius 1 is 1.09 bits per heavy atom. The zero-order chi connectivity index (χ0) is 23.3. The molecule has 1 unspecified atom stereocenters. The van der Waals surface area contributed by atoms with E-state index < -0.39 is 10.0 Å². The molecule has 2 saturated heterocycles. The molecule has 2 N–H and O–H groups in total. The SMILES string of the molecule is CC(NC(=O)Nc1ccc(S(=O)(=O)N2CCC(N3CCOCC3)CC2)cc1)c1cccnc1. The quantitative estimate of drug-likeness (QED) is 0.668. The maximum absolute atomic E-state index is 13.1. The molecule has 0 saturated carbocycles. The predicted molar refractivity (Wildman–Crippen MR) is 125 cm³/mol. The fraction of sp³-hybridized carbons (Fsp3) is 0.478. The lowest BCUT2D eigenvalue weighted by Crippen LogP contribution is -2.50. The monoisotopic (exact) mass is 473 g/mol. The summed E-state index contributed by atoms with van der Waals surface area (Å²) >= 11 is 0. The van der Waals surface area contributed by atoms with E-state index in [0.717, 1.165) is 44.7 Å². The molecular weight excluding hydrogens is 442 g/mol. The largest absolute Gasteiger partial charge is 0.379 e. The van der Waals surface area contributed by atoms with E-state index in [1.54, 1.807) is 41.0 Å². The van der Waals surface area contributed by atoms with Gasteiger partial charge in [-0.1, -0.05) is 6.07 Å². The van der Waals surface area contributed by atoms with Crippen molar-refractivity contribution in [2.24, 2.45) is 0 Å². The van der Waals surface area contributed by atoms with Gasteiger partial charge in [0.15, 0.2) is 0 Å². The Kier molecular flexibility index (Phi) is 7.59. The normalized spacial score (nSPS) is 19.7. The van der Waals surface area contributed by atoms with Gasteiger partial charge in [0.2, 0.25) is 10.0 Å². The molecule has 2 fully saturated rings. The number of piperidine rings is 1. The number of urea groups is 1. The molecule has 0 radical (unpaired) electrons. The minimum atomic E-state index is -3.56. The summed E-state index contributed by atoms with van der Waals surface area (Å²) in [7, 11) is -3.56. The number of morpholine rings is 1. The van der Waals surface area contributed by atoms with E-state index in [-0.39, 0.29) is 17.0 Å². The standard InChI is InChI=1S/C23H31N5O4S/c1-18(19-3-2-10-24-17-19)25-23(29)26-20-4-6-22(7-5-20)33(30,31)28-11-8-21(9-12-28)27-13-15-32-16-14-27/h2-7,10,17-18,21H,8-9,11-16H2,1H3,(H2,25,26,29). The first-order chi connectivity index (χ1) is 15.9. The van der Waals surface area contributed by atoms with Gasteiger partial charge < -0.3 is 15.4 Å². The molecule has 33 heavy (non-hydrogen) atoms. The van der Waals surface area contributed by atoms with Crippen molar-refractivity contribution in [3.8, 4) is 0 Å². The average Bonchev–Trinajstić information content (AvgIpc) is 2.85. The van der Waals surface area contributed by atoms with E-state index in [1.807, 2.05) is 19.1 Å². The molecule has 2 aliphatic heterocycles. The second-order valence-electron chi connectivity index (χ2n) is 8.41. The number of amides is 2. The summed E-state index contributed by atoms with van der Waals surface area (Å²) in [6, 6.07) is 9.86. The maximum atomic E-state index is 13.1. The minimum absolute atomic E-state index is 0.209. The number of anilines is 1. The van der Waals surface area contributed by atoms with E-state index in [4.69, 9.17) is 4.74 Å². The summed E-state index contributed by atoms with van der Waals surface area (Å²) in [4.78, 5) is 19.0. The molecule has 0 aliphatic carbocycles. The number of benzene rings is 1. The van der Waals surface area contributed by atoms with Gasteiger partial charge in [0.1, 0.15) is 0 Å². The number of rotatable bonds is 6. The second-order valence-corrected chi connectivity index (χ2v) is 10.4. The summed E-state index contributed by atoms with van der Waals surface area (Å²) in [6.45, 7) is 6.23. The highest BCUT2D eigenvalue weighted by molar-refractivity contribution is 7.89. The molecule has 178 valence electrons. The highest BCUT2D eigenvalue weighted by Crippen LogP contribution is 2.24. The van der Waals surface area contributed by atoms with E-state index in [0.29, 0.717) is 24.8 Å². The van der Waals surface area contributed by atoms with Gasteiger partial charge in [-0.2, -0.15) is 4.31 Å². The van der Waals surface area contributed by atoms with Crippen molar-refractivity contribution in [3.63, 3.8) is 0 Å². The summed E-state index contributed by atoms with van der Waals surface area (Å²) in [6.07, 6.45) is 5.04. The van der Waals surface area contributed by atoms with Crippen LogP contribution in [0.15, 0.2) is 53.7 Å². The Bertz CT molecular complexity index is 1020.